The maximum absolute atomic E-state index is 13.6. The van der Waals surface area contributed by atoms with E-state index in [-0.39, 0.29) is 38.6 Å². The summed E-state index contributed by atoms with van der Waals surface area (Å²) in [5.74, 6) is -4.68. The van der Waals surface area contributed by atoms with E-state index in [0.29, 0.717) is 12.1 Å². The highest BCUT2D eigenvalue weighted by Crippen LogP contribution is 2.40. The molecule has 1 aliphatic heterocycles. The van der Waals surface area contributed by atoms with Gasteiger partial charge in [0.15, 0.2) is 11.6 Å². The van der Waals surface area contributed by atoms with E-state index in [4.69, 9.17) is 0 Å². The molecule has 1 N–H and O–H groups in total. The van der Waals surface area contributed by atoms with Gasteiger partial charge in [0.2, 0.25) is 0 Å². The van der Waals surface area contributed by atoms with Crippen LogP contribution in [0.4, 0.5) is 26.3 Å². The summed E-state index contributed by atoms with van der Waals surface area (Å²) in [4.78, 5) is 0.900. The molecule has 21 heavy (non-hydrogen) atoms. The van der Waals surface area contributed by atoms with Crippen molar-refractivity contribution in [2.45, 2.75) is 12.2 Å². The summed E-state index contributed by atoms with van der Waals surface area (Å²) in [5.41, 5.74) is -1.28. The molecule has 0 aliphatic carbocycles. The van der Waals surface area contributed by atoms with E-state index in [1.165, 1.54) is 0 Å². The van der Waals surface area contributed by atoms with Crippen molar-refractivity contribution in [2.24, 2.45) is 0 Å². The third-order valence-electron chi connectivity index (χ3n) is 3.18. The Morgan fingerprint density at radius 1 is 1.00 bits per heavy atom. The maximum atomic E-state index is 13.6. The highest BCUT2D eigenvalue weighted by Gasteiger charge is 2.48. The van der Waals surface area contributed by atoms with Gasteiger partial charge >= 0.3 is 6.18 Å². The van der Waals surface area contributed by atoms with Crippen LogP contribution in [0.5, 0.6) is 0 Å². The van der Waals surface area contributed by atoms with Crippen LogP contribution in [0.25, 0.3) is 0 Å². The van der Waals surface area contributed by atoms with Gasteiger partial charge in [-0.3, -0.25) is 4.90 Å². The molecule has 1 aromatic rings. The molecular weight excluding hydrogens is 322 g/mol. The molecule has 0 aromatic heterocycles. The molecule has 1 aliphatic rings. The number of nitrogens with one attached hydrogen (secondary N) is 1. The predicted molar refractivity (Wildman–Crippen MR) is 66.8 cm³/mol. The Labute approximate surface area is 123 Å². The van der Waals surface area contributed by atoms with E-state index in [0.717, 1.165) is 4.90 Å². The molecule has 2 nitrogen and oxygen atoms in total. The number of hydrogen-bond acceptors (Lipinski definition) is 2. The molecule has 1 atom stereocenters. The van der Waals surface area contributed by atoms with Gasteiger partial charge in [0, 0.05) is 26.2 Å². The molecular formula is C12H13ClF6N2. The molecule has 0 bridgehead atoms. The summed E-state index contributed by atoms with van der Waals surface area (Å²) in [6.45, 7) is 0.482. The SMILES string of the molecule is Cl.Fc1ccc(F)c([C@@H](N2CCNCC2)C(F)(F)F)c1F. The molecule has 0 saturated carbocycles. The summed E-state index contributed by atoms with van der Waals surface area (Å²) in [5, 5.41) is 2.84. The van der Waals surface area contributed by atoms with Crippen LogP contribution in [0.2, 0.25) is 0 Å². The second kappa shape index (κ2) is 6.85. The molecule has 0 amide bonds. The average Bonchev–Trinajstić information content (AvgIpc) is 2.39. The standard InChI is InChI=1S/C12H12F6N2.ClH/c13-7-1-2-8(14)10(15)9(7)11(12(16,17)18)20-5-3-19-4-6-20;/h1-2,11,19H,3-6H2;1H/t11-;/m1./s1. The van der Waals surface area contributed by atoms with Gasteiger partial charge in [-0.15, -0.1) is 12.4 Å². The second-order valence-corrected chi connectivity index (χ2v) is 4.49. The van der Waals surface area contributed by atoms with Crippen LogP contribution in [0, 0.1) is 17.5 Å². The first-order valence-corrected chi connectivity index (χ1v) is 5.97. The molecule has 2 rings (SSSR count). The van der Waals surface area contributed by atoms with Crippen LogP contribution in [-0.4, -0.2) is 37.3 Å². The Balaban J connectivity index is 0.00000220. The van der Waals surface area contributed by atoms with Gasteiger partial charge in [0.05, 0.1) is 5.56 Å². The van der Waals surface area contributed by atoms with Crippen molar-refractivity contribution in [3.05, 3.63) is 35.1 Å². The summed E-state index contributed by atoms with van der Waals surface area (Å²) >= 11 is 0. The molecule has 1 heterocycles. The van der Waals surface area contributed by atoms with Gasteiger partial charge in [-0.05, 0) is 12.1 Å². The highest BCUT2D eigenvalue weighted by atomic mass is 35.5. The van der Waals surface area contributed by atoms with Crippen molar-refractivity contribution in [1.82, 2.24) is 10.2 Å². The lowest BCUT2D eigenvalue weighted by Crippen LogP contribution is -2.49. The normalized spacial score (nSPS) is 18.2. The topological polar surface area (TPSA) is 15.3 Å². The van der Waals surface area contributed by atoms with Gasteiger partial charge in [-0.25, -0.2) is 13.2 Å². The van der Waals surface area contributed by atoms with E-state index >= 15 is 0 Å². The molecule has 0 spiro atoms. The predicted octanol–water partition coefficient (Wildman–Crippen LogP) is 3.03. The Hall–Kier alpha value is -0.990. The van der Waals surface area contributed by atoms with Gasteiger partial charge in [0.25, 0.3) is 0 Å². The molecule has 1 saturated heterocycles. The first-order chi connectivity index (χ1) is 9.32. The van der Waals surface area contributed by atoms with Crippen LogP contribution in [-0.2, 0) is 0 Å². The number of alkyl halides is 3. The average molecular weight is 335 g/mol. The van der Waals surface area contributed by atoms with Gasteiger partial charge in [-0.2, -0.15) is 13.2 Å². The summed E-state index contributed by atoms with van der Waals surface area (Å²) in [7, 11) is 0. The number of rotatable bonds is 2. The Morgan fingerprint density at radius 3 is 2.05 bits per heavy atom. The lowest BCUT2D eigenvalue weighted by atomic mass is 10.0. The zero-order valence-electron chi connectivity index (χ0n) is 10.7. The van der Waals surface area contributed by atoms with E-state index in [1.807, 2.05) is 0 Å². The van der Waals surface area contributed by atoms with Crippen molar-refractivity contribution in [3.8, 4) is 0 Å². The zero-order chi connectivity index (χ0) is 14.9. The molecule has 1 fully saturated rings. The minimum atomic E-state index is -4.90. The summed E-state index contributed by atoms with van der Waals surface area (Å²) < 4.78 is 79.9. The van der Waals surface area contributed by atoms with Gasteiger partial charge in [-0.1, -0.05) is 0 Å². The van der Waals surface area contributed by atoms with Crippen LogP contribution >= 0.6 is 12.4 Å². The monoisotopic (exact) mass is 334 g/mol. The number of benzene rings is 1. The fourth-order valence-electron chi connectivity index (χ4n) is 2.29. The quantitative estimate of drug-likeness (QED) is 0.660. The van der Waals surface area contributed by atoms with Crippen LogP contribution in [0.3, 0.4) is 0 Å². The number of hydrogen-bond donors (Lipinski definition) is 1. The number of nitrogens with zero attached hydrogens (tertiary/aromatic N) is 1. The van der Waals surface area contributed by atoms with Gasteiger partial charge < -0.3 is 5.32 Å². The first kappa shape index (κ1) is 18.1. The molecule has 1 aromatic carbocycles. The molecule has 0 unspecified atom stereocenters. The lowest BCUT2D eigenvalue weighted by molar-refractivity contribution is -0.189. The third-order valence-corrected chi connectivity index (χ3v) is 3.18. The van der Waals surface area contributed by atoms with Crippen molar-refractivity contribution >= 4 is 12.4 Å². The van der Waals surface area contributed by atoms with Crippen molar-refractivity contribution in [2.75, 3.05) is 26.2 Å². The van der Waals surface area contributed by atoms with Crippen molar-refractivity contribution in [1.29, 1.82) is 0 Å². The van der Waals surface area contributed by atoms with Gasteiger partial charge in [0.1, 0.15) is 11.9 Å². The fraction of sp³-hybridized carbons (Fsp3) is 0.500. The number of piperazine rings is 1. The fourth-order valence-corrected chi connectivity index (χ4v) is 2.29. The smallest absolute Gasteiger partial charge is 0.314 e. The third kappa shape index (κ3) is 3.81. The van der Waals surface area contributed by atoms with Crippen LogP contribution in [0.15, 0.2) is 12.1 Å². The van der Waals surface area contributed by atoms with Crippen LogP contribution < -0.4 is 5.32 Å². The van der Waals surface area contributed by atoms with E-state index in [1.54, 1.807) is 0 Å². The minimum absolute atomic E-state index is 0. The minimum Gasteiger partial charge on any atom is -0.314 e. The largest absolute Gasteiger partial charge is 0.408 e. The van der Waals surface area contributed by atoms with Crippen molar-refractivity contribution in [3.63, 3.8) is 0 Å². The molecule has 0 radical (unpaired) electrons. The number of halogens is 7. The molecule has 120 valence electrons. The molecule has 9 heteroatoms. The first-order valence-electron chi connectivity index (χ1n) is 5.97. The maximum Gasteiger partial charge on any atom is 0.408 e. The second-order valence-electron chi connectivity index (χ2n) is 4.49. The van der Waals surface area contributed by atoms with E-state index < -0.39 is 35.2 Å². The Bertz CT molecular complexity index is 487. The van der Waals surface area contributed by atoms with Crippen molar-refractivity contribution < 1.29 is 26.3 Å². The van der Waals surface area contributed by atoms with Crippen LogP contribution in [0.1, 0.15) is 11.6 Å². The lowest BCUT2D eigenvalue weighted by Gasteiger charge is -2.36. The Kier molecular flexibility index (Phi) is 5.89. The van der Waals surface area contributed by atoms with E-state index in [9.17, 15) is 26.3 Å². The zero-order valence-corrected chi connectivity index (χ0v) is 11.5. The van der Waals surface area contributed by atoms with E-state index in [2.05, 4.69) is 5.32 Å². The summed E-state index contributed by atoms with van der Waals surface area (Å²) in [6, 6.07) is -1.51. The summed E-state index contributed by atoms with van der Waals surface area (Å²) in [6.07, 6.45) is -4.90. The highest BCUT2D eigenvalue weighted by molar-refractivity contribution is 5.85. The Morgan fingerprint density at radius 2 is 1.52 bits per heavy atom.